The van der Waals surface area contributed by atoms with Gasteiger partial charge in [0.05, 0.1) is 0 Å². The van der Waals surface area contributed by atoms with Crippen molar-refractivity contribution in [1.82, 2.24) is 0 Å². The highest BCUT2D eigenvalue weighted by molar-refractivity contribution is 5.95. The summed E-state index contributed by atoms with van der Waals surface area (Å²) in [7, 11) is 1.58. The summed E-state index contributed by atoms with van der Waals surface area (Å²) >= 11 is 0. The van der Waals surface area contributed by atoms with E-state index in [0.717, 1.165) is 44.9 Å². The number of ether oxygens (including phenoxy) is 2. The van der Waals surface area contributed by atoms with E-state index in [-0.39, 0.29) is 41.7 Å². The normalized spacial score (nSPS) is 45.1. The van der Waals surface area contributed by atoms with E-state index in [1.165, 1.54) is 5.57 Å². The molecule has 7 atom stereocenters. The Morgan fingerprint density at radius 1 is 1.21 bits per heavy atom. The van der Waals surface area contributed by atoms with Crippen LogP contribution in [0.4, 0.5) is 0 Å². The van der Waals surface area contributed by atoms with Crippen molar-refractivity contribution in [2.45, 2.75) is 64.9 Å². The Morgan fingerprint density at radius 3 is 2.71 bits per heavy atom. The molecule has 0 heterocycles. The van der Waals surface area contributed by atoms with Crippen molar-refractivity contribution < 1.29 is 24.2 Å². The van der Waals surface area contributed by atoms with Crippen LogP contribution in [0.2, 0.25) is 0 Å². The van der Waals surface area contributed by atoms with Crippen molar-refractivity contribution in [3.05, 3.63) is 11.6 Å². The van der Waals surface area contributed by atoms with Crippen LogP contribution in [0, 0.1) is 34.5 Å². The third-order valence-electron chi connectivity index (χ3n) is 8.91. The zero-order valence-corrected chi connectivity index (χ0v) is 17.4. The zero-order chi connectivity index (χ0) is 20.1. The standard InChI is InChI=1S/C23H34O5/c1-22-9-8-17-15(16(22)6-7-18(22)20(26)12-24)5-4-14-10-19(25)21(28-13-27-3)11-23(14,17)2/h10,15-18,21,24H,4-9,11-13H2,1-3H3/t15-,16-,17-,18+,21?,22-,23-/m0/s1. The number of hydrogen-bond acceptors (Lipinski definition) is 5. The first-order chi connectivity index (χ1) is 13.3. The van der Waals surface area contributed by atoms with Gasteiger partial charge in [0.1, 0.15) is 19.5 Å². The van der Waals surface area contributed by atoms with Gasteiger partial charge in [-0.05, 0) is 79.6 Å². The number of hydrogen-bond donors (Lipinski definition) is 1. The molecule has 0 radical (unpaired) electrons. The Bertz CT molecular complexity index is 684. The van der Waals surface area contributed by atoms with E-state index in [9.17, 15) is 14.7 Å². The first-order valence-electron chi connectivity index (χ1n) is 10.8. The molecule has 1 N–H and O–H groups in total. The van der Waals surface area contributed by atoms with Gasteiger partial charge in [-0.1, -0.05) is 19.4 Å². The molecule has 0 aliphatic heterocycles. The molecule has 0 spiro atoms. The van der Waals surface area contributed by atoms with E-state index < -0.39 is 6.10 Å². The molecule has 0 amide bonds. The first kappa shape index (κ1) is 20.2. The molecule has 3 fully saturated rings. The van der Waals surface area contributed by atoms with Crippen LogP contribution >= 0.6 is 0 Å². The second-order valence-electron chi connectivity index (χ2n) is 9.97. The van der Waals surface area contributed by atoms with Gasteiger partial charge in [0, 0.05) is 13.0 Å². The lowest BCUT2D eigenvalue weighted by Gasteiger charge is -2.58. The number of methoxy groups -OCH3 is 1. The number of aliphatic hydroxyl groups excluding tert-OH is 1. The van der Waals surface area contributed by atoms with Gasteiger partial charge in [-0.2, -0.15) is 0 Å². The average Bonchev–Trinajstić information content (AvgIpc) is 3.03. The quantitative estimate of drug-likeness (QED) is 0.729. The molecule has 0 aromatic rings. The van der Waals surface area contributed by atoms with Crippen LogP contribution in [0.25, 0.3) is 0 Å². The highest BCUT2D eigenvalue weighted by Gasteiger charge is 2.60. The number of fused-ring (bicyclic) bond motifs is 5. The molecule has 3 saturated carbocycles. The van der Waals surface area contributed by atoms with Crippen molar-refractivity contribution in [3.8, 4) is 0 Å². The van der Waals surface area contributed by atoms with Gasteiger partial charge < -0.3 is 14.6 Å². The highest BCUT2D eigenvalue weighted by Crippen LogP contribution is 2.66. The lowest BCUT2D eigenvalue weighted by Crippen LogP contribution is -2.53. The van der Waals surface area contributed by atoms with Crippen LogP contribution in [0.5, 0.6) is 0 Å². The van der Waals surface area contributed by atoms with Gasteiger partial charge in [0.2, 0.25) is 0 Å². The van der Waals surface area contributed by atoms with Crippen LogP contribution < -0.4 is 0 Å². The average molecular weight is 391 g/mol. The Kier molecular flexibility index (Phi) is 5.30. The minimum absolute atomic E-state index is 0.00433. The van der Waals surface area contributed by atoms with Crippen molar-refractivity contribution in [2.75, 3.05) is 20.5 Å². The lowest BCUT2D eigenvalue weighted by atomic mass is 9.46. The van der Waals surface area contributed by atoms with Gasteiger partial charge in [-0.3, -0.25) is 9.59 Å². The summed E-state index contributed by atoms with van der Waals surface area (Å²) in [6.07, 6.45) is 8.42. The second-order valence-corrected chi connectivity index (χ2v) is 9.97. The molecule has 4 aliphatic carbocycles. The number of carbonyl (C=O) groups is 2. The molecular formula is C23H34O5. The summed E-state index contributed by atoms with van der Waals surface area (Å²) in [5.74, 6) is 1.80. The molecule has 5 heteroatoms. The summed E-state index contributed by atoms with van der Waals surface area (Å²) in [5.41, 5.74) is 1.32. The van der Waals surface area contributed by atoms with Crippen molar-refractivity contribution in [3.63, 3.8) is 0 Å². The molecule has 0 bridgehead atoms. The number of allylic oxidation sites excluding steroid dienone is 1. The Labute approximate surface area is 167 Å². The fourth-order valence-corrected chi connectivity index (χ4v) is 7.53. The smallest absolute Gasteiger partial charge is 0.184 e. The number of aliphatic hydroxyl groups is 1. The minimum atomic E-state index is -0.409. The van der Waals surface area contributed by atoms with Gasteiger partial charge in [0.25, 0.3) is 0 Å². The summed E-state index contributed by atoms with van der Waals surface area (Å²) in [6.45, 7) is 4.45. The Morgan fingerprint density at radius 2 is 2.00 bits per heavy atom. The van der Waals surface area contributed by atoms with Crippen molar-refractivity contribution in [1.29, 1.82) is 0 Å². The third kappa shape index (κ3) is 2.93. The highest BCUT2D eigenvalue weighted by atomic mass is 16.7. The third-order valence-corrected chi connectivity index (χ3v) is 8.91. The van der Waals surface area contributed by atoms with Crippen LogP contribution in [0.15, 0.2) is 11.6 Å². The number of Topliss-reactive ketones (excluding diaryl/α,β-unsaturated/α-hetero) is 1. The van der Waals surface area contributed by atoms with E-state index in [4.69, 9.17) is 9.47 Å². The molecular weight excluding hydrogens is 356 g/mol. The molecule has 0 aromatic heterocycles. The van der Waals surface area contributed by atoms with Crippen LogP contribution in [0.3, 0.4) is 0 Å². The molecule has 4 rings (SSSR count). The fraction of sp³-hybridized carbons (Fsp3) is 0.826. The Hall–Kier alpha value is -1.04. The maximum absolute atomic E-state index is 12.5. The summed E-state index contributed by atoms with van der Waals surface area (Å²) in [6, 6.07) is 0. The van der Waals surface area contributed by atoms with Crippen molar-refractivity contribution >= 4 is 11.6 Å². The van der Waals surface area contributed by atoms with Crippen LogP contribution in [-0.2, 0) is 19.1 Å². The van der Waals surface area contributed by atoms with Gasteiger partial charge in [0.15, 0.2) is 11.6 Å². The van der Waals surface area contributed by atoms with Gasteiger partial charge >= 0.3 is 0 Å². The SMILES string of the molecule is COCOC1C[C@@]2(C)C(=CC1=O)CC[C@H]1[C@@H]3CC[C@H](C(=O)CO)[C@@]3(C)CC[C@@H]12. The Balaban J connectivity index is 1.60. The molecule has 0 aromatic carbocycles. The van der Waals surface area contributed by atoms with Crippen LogP contribution in [0.1, 0.15) is 58.8 Å². The summed E-state index contributed by atoms with van der Waals surface area (Å²) in [5, 5.41) is 9.44. The molecule has 0 saturated heterocycles. The van der Waals surface area contributed by atoms with Crippen LogP contribution in [-0.4, -0.2) is 43.3 Å². The van der Waals surface area contributed by atoms with E-state index in [0.29, 0.717) is 17.8 Å². The largest absolute Gasteiger partial charge is 0.389 e. The monoisotopic (exact) mass is 390 g/mol. The predicted molar refractivity (Wildman–Crippen MR) is 104 cm³/mol. The first-order valence-corrected chi connectivity index (χ1v) is 10.8. The van der Waals surface area contributed by atoms with E-state index in [1.54, 1.807) is 7.11 Å². The summed E-state index contributed by atoms with van der Waals surface area (Å²) < 4.78 is 10.8. The summed E-state index contributed by atoms with van der Waals surface area (Å²) in [4.78, 5) is 24.9. The van der Waals surface area contributed by atoms with E-state index in [1.807, 2.05) is 6.08 Å². The lowest BCUT2D eigenvalue weighted by molar-refractivity contribution is -0.146. The molecule has 1 unspecified atom stereocenters. The maximum Gasteiger partial charge on any atom is 0.184 e. The van der Waals surface area contributed by atoms with Crippen molar-refractivity contribution in [2.24, 2.45) is 34.5 Å². The predicted octanol–water partition coefficient (Wildman–Crippen LogP) is 3.29. The topological polar surface area (TPSA) is 72.8 Å². The number of ketones is 2. The second kappa shape index (κ2) is 7.33. The number of rotatable bonds is 5. The minimum Gasteiger partial charge on any atom is -0.389 e. The van der Waals surface area contributed by atoms with Gasteiger partial charge in [-0.15, -0.1) is 0 Å². The van der Waals surface area contributed by atoms with E-state index in [2.05, 4.69) is 13.8 Å². The molecule has 4 aliphatic rings. The van der Waals surface area contributed by atoms with E-state index >= 15 is 0 Å². The van der Waals surface area contributed by atoms with Gasteiger partial charge in [-0.25, -0.2) is 0 Å². The zero-order valence-electron chi connectivity index (χ0n) is 17.4. The number of carbonyl (C=O) groups excluding carboxylic acids is 2. The molecule has 5 nitrogen and oxygen atoms in total. The molecule has 156 valence electrons. The fourth-order valence-electron chi connectivity index (χ4n) is 7.53. The maximum atomic E-state index is 12.5. The molecule has 28 heavy (non-hydrogen) atoms.